The molecule has 0 radical (unpaired) electrons. The topological polar surface area (TPSA) is 130 Å². The molecule has 13 heteroatoms. The van der Waals surface area contributed by atoms with E-state index < -0.39 is 40.7 Å². The van der Waals surface area contributed by atoms with Gasteiger partial charge in [-0.1, -0.05) is 0 Å². The van der Waals surface area contributed by atoms with Gasteiger partial charge in [0, 0.05) is 38.7 Å². The lowest BCUT2D eigenvalue weighted by molar-refractivity contribution is -0.152. The van der Waals surface area contributed by atoms with Crippen molar-refractivity contribution in [3.63, 3.8) is 0 Å². The summed E-state index contributed by atoms with van der Waals surface area (Å²) in [4.78, 5) is 33.7. The first kappa shape index (κ1) is 28.6. The second-order valence-electron chi connectivity index (χ2n) is 10.1. The largest absolute Gasteiger partial charge is 0.479 e. The maximum Gasteiger partial charge on any atom is 0.420 e. The summed E-state index contributed by atoms with van der Waals surface area (Å²) >= 11 is 2.10. The summed E-state index contributed by atoms with van der Waals surface area (Å²) in [5.41, 5.74) is 0.174. The molecule has 11 nitrogen and oxygen atoms in total. The highest BCUT2D eigenvalue weighted by Gasteiger charge is 2.25. The van der Waals surface area contributed by atoms with Gasteiger partial charge in [0.15, 0.2) is 5.65 Å². The van der Waals surface area contributed by atoms with Crippen LogP contribution in [0.5, 0.6) is 5.88 Å². The number of carbonyl (C=O) groups is 2. The van der Waals surface area contributed by atoms with E-state index in [1.807, 2.05) is 6.07 Å². The molecule has 0 saturated carbocycles. The Morgan fingerprint density at radius 1 is 1.00 bits per heavy atom. The summed E-state index contributed by atoms with van der Waals surface area (Å²) in [5.74, 6) is -0.702. The first-order valence-electron chi connectivity index (χ1n) is 11.2. The molecular weight excluding hydrogens is 615 g/mol. The number of pyridine rings is 2. The molecule has 0 fully saturated rings. The molecule has 37 heavy (non-hydrogen) atoms. The van der Waals surface area contributed by atoms with Crippen LogP contribution in [0.3, 0.4) is 0 Å². The highest BCUT2D eigenvalue weighted by molar-refractivity contribution is 14.1. The van der Waals surface area contributed by atoms with Crippen LogP contribution in [0.1, 0.15) is 41.5 Å². The maximum atomic E-state index is 12.6. The Labute approximate surface area is 230 Å². The number of esters is 1. The van der Waals surface area contributed by atoms with Crippen LogP contribution in [0.2, 0.25) is 0 Å². The predicted octanol–water partition coefficient (Wildman–Crippen LogP) is 4.17. The standard InChI is InChI=1S/C24H29IN4O7S/c1-23(2,3)35-19(30)13-29(37(32)33)18-9-15(11-27-21(18)34-7)14-8-16-17(25)12-28(20(16)26-10-14)22(31)36-24(4,5)6/h8-12,37H,13H2,1-7H3. The fraction of sp³-hybridized carbons (Fsp3) is 0.417. The molecule has 0 unspecified atom stereocenters. The van der Waals surface area contributed by atoms with Crippen LogP contribution in [0.15, 0.2) is 30.7 Å². The maximum absolute atomic E-state index is 12.6. The minimum absolute atomic E-state index is 0.0196. The van der Waals surface area contributed by atoms with Crippen molar-refractivity contribution < 1.29 is 32.2 Å². The van der Waals surface area contributed by atoms with Gasteiger partial charge in [-0.15, -0.1) is 0 Å². The fourth-order valence-electron chi connectivity index (χ4n) is 3.35. The Hall–Kier alpha value is -2.94. The number of aromatic nitrogens is 3. The first-order chi connectivity index (χ1) is 17.1. The molecule has 0 bridgehead atoms. The Bertz CT molecular complexity index is 1410. The molecule has 3 aromatic heterocycles. The first-order valence-corrected chi connectivity index (χ1v) is 13.4. The van der Waals surface area contributed by atoms with Gasteiger partial charge in [-0.3, -0.25) is 9.10 Å². The Balaban J connectivity index is 2.04. The van der Waals surface area contributed by atoms with Gasteiger partial charge in [0.05, 0.1) is 7.11 Å². The molecule has 0 aromatic carbocycles. The van der Waals surface area contributed by atoms with Crippen molar-refractivity contribution in [1.29, 1.82) is 0 Å². The highest BCUT2D eigenvalue weighted by atomic mass is 127. The van der Waals surface area contributed by atoms with E-state index in [-0.39, 0.29) is 11.6 Å². The number of nitrogens with zero attached hydrogens (tertiary/aromatic N) is 4. The molecular formula is C24H29IN4O7S. The summed E-state index contributed by atoms with van der Waals surface area (Å²) in [7, 11) is -1.87. The zero-order valence-electron chi connectivity index (χ0n) is 21.6. The number of fused-ring (bicyclic) bond motifs is 1. The lowest BCUT2D eigenvalue weighted by Crippen LogP contribution is -2.34. The smallest absolute Gasteiger partial charge is 0.420 e. The molecule has 0 spiro atoms. The average molecular weight is 644 g/mol. The van der Waals surface area contributed by atoms with Gasteiger partial charge in [0.25, 0.3) is 0 Å². The van der Waals surface area contributed by atoms with Gasteiger partial charge >= 0.3 is 12.1 Å². The van der Waals surface area contributed by atoms with E-state index >= 15 is 0 Å². The Morgan fingerprint density at radius 2 is 1.59 bits per heavy atom. The number of thiol groups is 1. The minimum Gasteiger partial charge on any atom is -0.479 e. The molecule has 200 valence electrons. The number of carbonyl (C=O) groups excluding carboxylic acids is 2. The summed E-state index contributed by atoms with van der Waals surface area (Å²) < 4.78 is 43.2. The van der Waals surface area contributed by atoms with Crippen molar-refractivity contribution in [3.8, 4) is 17.0 Å². The molecule has 0 amide bonds. The number of anilines is 1. The number of rotatable bonds is 6. The number of halogens is 1. The second kappa shape index (κ2) is 10.8. The number of hydrogen-bond acceptors (Lipinski definition) is 9. The summed E-state index contributed by atoms with van der Waals surface area (Å²) in [5, 5.41) is 0.696. The van der Waals surface area contributed by atoms with E-state index in [1.54, 1.807) is 60.0 Å². The van der Waals surface area contributed by atoms with E-state index in [0.29, 0.717) is 22.2 Å². The van der Waals surface area contributed by atoms with Gasteiger partial charge in [0.1, 0.15) is 23.4 Å². The van der Waals surface area contributed by atoms with Crippen molar-refractivity contribution in [1.82, 2.24) is 14.5 Å². The van der Waals surface area contributed by atoms with Crippen LogP contribution in [0, 0.1) is 3.57 Å². The van der Waals surface area contributed by atoms with Crippen LogP contribution in [-0.2, 0) is 25.2 Å². The highest BCUT2D eigenvalue weighted by Crippen LogP contribution is 2.33. The number of methoxy groups -OCH3 is 1. The molecule has 0 aliphatic carbocycles. The Kier molecular flexibility index (Phi) is 8.37. The molecule has 3 heterocycles. The quantitative estimate of drug-likeness (QED) is 0.239. The normalized spacial score (nSPS) is 12.0. The van der Waals surface area contributed by atoms with Gasteiger partial charge in [-0.25, -0.2) is 27.7 Å². The molecule has 0 N–H and O–H groups in total. The lowest BCUT2D eigenvalue weighted by Gasteiger charge is -2.23. The van der Waals surface area contributed by atoms with Crippen LogP contribution >= 0.6 is 22.6 Å². The van der Waals surface area contributed by atoms with Crippen LogP contribution in [0.4, 0.5) is 10.5 Å². The van der Waals surface area contributed by atoms with E-state index in [2.05, 4.69) is 32.6 Å². The molecule has 0 saturated heterocycles. The van der Waals surface area contributed by atoms with Crippen molar-refractivity contribution in [2.45, 2.75) is 52.7 Å². The monoisotopic (exact) mass is 644 g/mol. The summed E-state index contributed by atoms with van der Waals surface area (Å²) in [6.07, 6.45) is 4.14. The van der Waals surface area contributed by atoms with Crippen LogP contribution < -0.4 is 9.04 Å². The zero-order chi connectivity index (χ0) is 27.7. The van der Waals surface area contributed by atoms with Crippen LogP contribution in [-0.4, -0.2) is 59.9 Å². The van der Waals surface area contributed by atoms with Gasteiger partial charge in [0.2, 0.25) is 16.8 Å². The summed E-state index contributed by atoms with van der Waals surface area (Å²) in [6.45, 7) is 9.86. The SMILES string of the molecule is COc1ncc(-c2cnc3c(c2)c(I)cn3C(=O)OC(C)(C)C)cc1N(CC(=O)OC(C)(C)C)[SH](=O)=O. The van der Waals surface area contributed by atoms with Crippen molar-refractivity contribution in [2.24, 2.45) is 0 Å². The second-order valence-corrected chi connectivity index (χ2v) is 12.2. The third kappa shape index (κ3) is 7.09. The van der Waals surface area contributed by atoms with Crippen molar-refractivity contribution in [3.05, 3.63) is 34.3 Å². The van der Waals surface area contributed by atoms with Crippen LogP contribution in [0.25, 0.3) is 22.2 Å². The van der Waals surface area contributed by atoms with Gasteiger partial charge < -0.3 is 14.2 Å². The third-order valence-electron chi connectivity index (χ3n) is 4.72. The van der Waals surface area contributed by atoms with Gasteiger partial charge in [-0.2, -0.15) is 0 Å². The van der Waals surface area contributed by atoms with Crippen molar-refractivity contribution >= 4 is 62.3 Å². The third-order valence-corrected chi connectivity index (χ3v) is 6.33. The zero-order valence-corrected chi connectivity index (χ0v) is 24.6. The number of hydrogen-bond donors (Lipinski definition) is 1. The molecule has 3 aromatic rings. The Morgan fingerprint density at radius 3 is 2.16 bits per heavy atom. The predicted molar refractivity (Wildman–Crippen MR) is 147 cm³/mol. The van der Waals surface area contributed by atoms with E-state index in [4.69, 9.17) is 14.2 Å². The van der Waals surface area contributed by atoms with Gasteiger partial charge in [-0.05, 0) is 76.3 Å². The molecule has 0 aliphatic heterocycles. The van der Waals surface area contributed by atoms with E-state index in [1.165, 1.54) is 17.9 Å². The average Bonchev–Trinajstić information content (AvgIpc) is 3.10. The molecule has 0 aliphatic rings. The molecule has 0 atom stereocenters. The fourth-order valence-corrected chi connectivity index (χ4v) is 4.57. The minimum atomic E-state index is -3.23. The lowest BCUT2D eigenvalue weighted by atomic mass is 10.1. The van der Waals surface area contributed by atoms with E-state index in [0.717, 1.165) is 7.88 Å². The van der Waals surface area contributed by atoms with Crippen molar-refractivity contribution in [2.75, 3.05) is 18.0 Å². The molecule has 3 rings (SSSR count). The summed E-state index contributed by atoms with van der Waals surface area (Å²) in [6, 6.07) is 3.36. The number of ether oxygens (including phenoxy) is 3. The van der Waals surface area contributed by atoms with E-state index in [9.17, 15) is 18.0 Å².